The summed E-state index contributed by atoms with van der Waals surface area (Å²) in [5.41, 5.74) is 8.16. The monoisotopic (exact) mass is 263 g/mol. The molecule has 3 N–H and O–H groups in total. The molecule has 0 aromatic heterocycles. The smallest absolute Gasteiger partial charge is 0.238 e. The van der Waals surface area contributed by atoms with E-state index in [1.807, 2.05) is 31.0 Å². The van der Waals surface area contributed by atoms with Crippen LogP contribution in [0.4, 0.5) is 11.4 Å². The van der Waals surface area contributed by atoms with Gasteiger partial charge in [0.05, 0.1) is 24.5 Å². The van der Waals surface area contributed by atoms with Crippen LogP contribution in [-0.2, 0) is 9.53 Å². The number of hydrogen-bond acceptors (Lipinski definition) is 4. The van der Waals surface area contributed by atoms with E-state index in [1.54, 1.807) is 6.07 Å². The zero-order chi connectivity index (χ0) is 13.8. The molecule has 1 aliphatic heterocycles. The number of nitrogens with zero attached hydrogens (tertiary/aromatic N) is 1. The number of nitrogen functional groups attached to an aromatic ring is 1. The van der Waals surface area contributed by atoms with Crippen LogP contribution in [0, 0.1) is 6.92 Å². The SMILES string of the molecule is Cc1cccc(N)c1NC(=O)CN(C)C1CCOC1. The van der Waals surface area contributed by atoms with Crippen LogP contribution in [0.3, 0.4) is 0 Å². The molecule has 1 atom stereocenters. The quantitative estimate of drug-likeness (QED) is 0.802. The number of amides is 1. The molecular weight excluding hydrogens is 242 g/mol. The Balaban J connectivity index is 1.93. The van der Waals surface area contributed by atoms with Crippen LogP contribution in [0.25, 0.3) is 0 Å². The maximum absolute atomic E-state index is 12.0. The summed E-state index contributed by atoms with van der Waals surface area (Å²) in [5.74, 6) is -0.0459. The molecule has 1 unspecified atom stereocenters. The largest absolute Gasteiger partial charge is 0.397 e. The molecule has 5 heteroatoms. The standard InChI is InChI=1S/C14H21N3O2/c1-10-4-3-5-12(15)14(10)16-13(18)8-17(2)11-6-7-19-9-11/h3-5,11H,6-9,15H2,1-2H3,(H,16,18). The van der Waals surface area contributed by atoms with E-state index in [0.717, 1.165) is 18.6 Å². The minimum absolute atomic E-state index is 0.0459. The highest BCUT2D eigenvalue weighted by atomic mass is 16.5. The molecule has 104 valence electrons. The number of hydrogen-bond donors (Lipinski definition) is 2. The van der Waals surface area contributed by atoms with Crippen LogP contribution in [0.1, 0.15) is 12.0 Å². The van der Waals surface area contributed by atoms with Crippen LogP contribution >= 0.6 is 0 Å². The first-order chi connectivity index (χ1) is 9.08. The number of anilines is 2. The van der Waals surface area contributed by atoms with E-state index in [-0.39, 0.29) is 5.91 Å². The third kappa shape index (κ3) is 3.45. The summed E-state index contributed by atoms with van der Waals surface area (Å²) in [4.78, 5) is 14.1. The lowest BCUT2D eigenvalue weighted by Crippen LogP contribution is -2.38. The molecule has 0 radical (unpaired) electrons. The fourth-order valence-electron chi connectivity index (χ4n) is 2.27. The molecule has 1 aromatic carbocycles. The number of benzene rings is 1. The van der Waals surface area contributed by atoms with Crippen molar-refractivity contribution >= 4 is 17.3 Å². The van der Waals surface area contributed by atoms with E-state index in [1.165, 1.54) is 0 Å². The summed E-state index contributed by atoms with van der Waals surface area (Å²) in [7, 11) is 1.94. The van der Waals surface area contributed by atoms with Gasteiger partial charge < -0.3 is 15.8 Å². The summed E-state index contributed by atoms with van der Waals surface area (Å²) in [6, 6.07) is 5.93. The van der Waals surface area contributed by atoms with Crippen LogP contribution in [0.15, 0.2) is 18.2 Å². The van der Waals surface area contributed by atoms with Gasteiger partial charge in [0.15, 0.2) is 0 Å². The van der Waals surface area contributed by atoms with Gasteiger partial charge >= 0.3 is 0 Å². The van der Waals surface area contributed by atoms with E-state index in [9.17, 15) is 4.79 Å². The fraction of sp³-hybridized carbons (Fsp3) is 0.500. The average molecular weight is 263 g/mol. The van der Waals surface area contributed by atoms with Gasteiger partial charge in [-0.15, -0.1) is 0 Å². The molecule has 1 aliphatic rings. The second-order valence-electron chi connectivity index (χ2n) is 5.02. The van der Waals surface area contributed by atoms with Crippen LogP contribution < -0.4 is 11.1 Å². The lowest BCUT2D eigenvalue weighted by molar-refractivity contribution is -0.117. The number of carbonyl (C=O) groups excluding carboxylic acids is 1. The molecule has 0 bridgehead atoms. The molecule has 0 saturated carbocycles. The molecule has 1 saturated heterocycles. The molecule has 0 spiro atoms. The molecule has 1 heterocycles. The van der Waals surface area contributed by atoms with E-state index < -0.39 is 0 Å². The molecule has 1 fully saturated rings. The number of likely N-dealkylation sites (N-methyl/N-ethyl adjacent to an activating group) is 1. The Labute approximate surface area is 113 Å². The lowest BCUT2D eigenvalue weighted by atomic mass is 10.1. The van der Waals surface area contributed by atoms with E-state index in [0.29, 0.717) is 30.6 Å². The van der Waals surface area contributed by atoms with Gasteiger partial charge in [0.25, 0.3) is 0 Å². The highest BCUT2D eigenvalue weighted by Gasteiger charge is 2.22. The number of nitrogens with two attached hydrogens (primary N) is 1. The Morgan fingerprint density at radius 1 is 1.58 bits per heavy atom. The predicted octanol–water partition coefficient (Wildman–Crippen LogP) is 1.24. The summed E-state index contributed by atoms with van der Waals surface area (Å²) in [6.07, 6.45) is 0.982. The second-order valence-corrected chi connectivity index (χ2v) is 5.02. The van der Waals surface area contributed by atoms with E-state index in [4.69, 9.17) is 10.5 Å². The first-order valence-corrected chi connectivity index (χ1v) is 6.51. The van der Waals surface area contributed by atoms with Crippen molar-refractivity contribution in [3.8, 4) is 0 Å². The summed E-state index contributed by atoms with van der Waals surface area (Å²) < 4.78 is 5.32. The zero-order valence-corrected chi connectivity index (χ0v) is 11.5. The molecular formula is C14H21N3O2. The van der Waals surface area contributed by atoms with Gasteiger partial charge in [-0.1, -0.05) is 12.1 Å². The van der Waals surface area contributed by atoms with Gasteiger partial charge in [-0.25, -0.2) is 0 Å². The Morgan fingerprint density at radius 3 is 3.00 bits per heavy atom. The Kier molecular flexibility index (Phi) is 4.39. The number of nitrogens with one attached hydrogen (secondary N) is 1. The Hall–Kier alpha value is -1.59. The molecule has 5 nitrogen and oxygen atoms in total. The highest BCUT2D eigenvalue weighted by molar-refractivity contribution is 5.96. The van der Waals surface area contributed by atoms with Crippen LogP contribution in [-0.4, -0.2) is 43.7 Å². The van der Waals surface area contributed by atoms with E-state index >= 15 is 0 Å². The van der Waals surface area contributed by atoms with Gasteiger partial charge in [0, 0.05) is 12.6 Å². The molecule has 2 rings (SSSR count). The van der Waals surface area contributed by atoms with Crippen molar-refractivity contribution in [3.63, 3.8) is 0 Å². The number of carbonyl (C=O) groups is 1. The lowest BCUT2D eigenvalue weighted by Gasteiger charge is -2.22. The number of aryl methyl sites for hydroxylation is 1. The van der Waals surface area contributed by atoms with Crippen molar-refractivity contribution < 1.29 is 9.53 Å². The first kappa shape index (κ1) is 13.8. The number of para-hydroxylation sites is 1. The van der Waals surface area contributed by atoms with Crippen molar-refractivity contribution in [2.75, 3.05) is 37.9 Å². The van der Waals surface area contributed by atoms with Gasteiger partial charge in [-0.3, -0.25) is 9.69 Å². The first-order valence-electron chi connectivity index (χ1n) is 6.51. The van der Waals surface area contributed by atoms with Gasteiger partial charge in [-0.05, 0) is 32.0 Å². The maximum atomic E-state index is 12.0. The van der Waals surface area contributed by atoms with Crippen molar-refractivity contribution in [2.45, 2.75) is 19.4 Å². The normalized spacial score (nSPS) is 18.8. The van der Waals surface area contributed by atoms with Gasteiger partial charge in [0.1, 0.15) is 0 Å². The maximum Gasteiger partial charge on any atom is 0.238 e. The van der Waals surface area contributed by atoms with Gasteiger partial charge in [-0.2, -0.15) is 0 Å². The zero-order valence-electron chi connectivity index (χ0n) is 11.5. The van der Waals surface area contributed by atoms with Crippen molar-refractivity contribution in [1.82, 2.24) is 4.90 Å². The predicted molar refractivity (Wildman–Crippen MR) is 76.1 cm³/mol. The summed E-state index contributed by atoms with van der Waals surface area (Å²) >= 11 is 0. The topological polar surface area (TPSA) is 67.6 Å². The number of rotatable bonds is 4. The molecule has 0 aliphatic carbocycles. The van der Waals surface area contributed by atoms with Crippen LogP contribution in [0.2, 0.25) is 0 Å². The minimum atomic E-state index is -0.0459. The molecule has 1 aromatic rings. The second kappa shape index (κ2) is 6.04. The molecule has 19 heavy (non-hydrogen) atoms. The third-order valence-electron chi connectivity index (χ3n) is 3.49. The molecule has 1 amide bonds. The van der Waals surface area contributed by atoms with Crippen LogP contribution in [0.5, 0.6) is 0 Å². The third-order valence-corrected chi connectivity index (χ3v) is 3.49. The number of ether oxygens (including phenoxy) is 1. The Morgan fingerprint density at radius 2 is 2.37 bits per heavy atom. The van der Waals surface area contributed by atoms with Gasteiger partial charge in [0.2, 0.25) is 5.91 Å². The summed E-state index contributed by atoms with van der Waals surface area (Å²) in [6.45, 7) is 3.76. The van der Waals surface area contributed by atoms with Crippen molar-refractivity contribution in [1.29, 1.82) is 0 Å². The van der Waals surface area contributed by atoms with Crippen molar-refractivity contribution in [3.05, 3.63) is 23.8 Å². The average Bonchev–Trinajstić information content (AvgIpc) is 2.88. The van der Waals surface area contributed by atoms with Crippen molar-refractivity contribution in [2.24, 2.45) is 0 Å². The Bertz CT molecular complexity index is 436. The minimum Gasteiger partial charge on any atom is -0.397 e. The van der Waals surface area contributed by atoms with E-state index in [2.05, 4.69) is 5.32 Å². The fourth-order valence-corrected chi connectivity index (χ4v) is 2.27. The summed E-state index contributed by atoms with van der Waals surface area (Å²) in [5, 5.41) is 2.89. The highest BCUT2D eigenvalue weighted by Crippen LogP contribution is 2.22.